The van der Waals surface area contributed by atoms with E-state index in [0.717, 1.165) is 22.3 Å². The Bertz CT molecular complexity index is 572. The molecule has 5 heteroatoms. The number of aromatic amines is 1. The highest BCUT2D eigenvalue weighted by atomic mass is 16.4. The first-order chi connectivity index (χ1) is 7.99. The molecule has 0 saturated carbocycles. The van der Waals surface area contributed by atoms with Crippen molar-refractivity contribution in [3.05, 3.63) is 23.3 Å². The van der Waals surface area contributed by atoms with Gasteiger partial charge in [0.15, 0.2) is 0 Å². The number of carboxylic acid groups (broad SMARTS) is 1. The van der Waals surface area contributed by atoms with Crippen LogP contribution in [0.4, 0.5) is 0 Å². The molecule has 0 aliphatic rings. The van der Waals surface area contributed by atoms with Gasteiger partial charge in [0.2, 0.25) is 0 Å². The van der Waals surface area contributed by atoms with E-state index in [1.807, 2.05) is 20.8 Å². The average molecular weight is 233 g/mol. The van der Waals surface area contributed by atoms with Gasteiger partial charge in [-0.15, -0.1) is 0 Å². The van der Waals surface area contributed by atoms with Crippen molar-refractivity contribution >= 4 is 17.0 Å². The van der Waals surface area contributed by atoms with Gasteiger partial charge >= 0.3 is 5.97 Å². The Kier molecular flexibility index (Phi) is 2.83. The Labute approximate surface area is 98.9 Å². The summed E-state index contributed by atoms with van der Waals surface area (Å²) in [5, 5.41) is 9.73. The number of rotatable bonds is 3. The fraction of sp³-hybridized carbons (Fsp3) is 0.417. The molecular weight excluding hydrogens is 218 g/mol. The second-order valence-electron chi connectivity index (χ2n) is 4.42. The van der Waals surface area contributed by atoms with Crippen molar-refractivity contribution in [2.45, 2.75) is 33.1 Å². The quantitative estimate of drug-likeness (QED) is 0.850. The monoisotopic (exact) mass is 233 g/mol. The number of aliphatic carboxylic acids is 1. The van der Waals surface area contributed by atoms with Gasteiger partial charge in [0.25, 0.3) is 0 Å². The number of nitrogens with zero attached hydrogens (tertiary/aromatic N) is 2. The molecule has 0 fully saturated rings. The van der Waals surface area contributed by atoms with Crippen molar-refractivity contribution in [3.8, 4) is 0 Å². The zero-order chi connectivity index (χ0) is 12.6. The van der Waals surface area contributed by atoms with Crippen molar-refractivity contribution in [1.82, 2.24) is 15.0 Å². The largest absolute Gasteiger partial charge is 0.481 e. The fourth-order valence-electron chi connectivity index (χ4n) is 1.96. The van der Waals surface area contributed by atoms with Gasteiger partial charge in [0.05, 0.1) is 12.1 Å². The molecule has 0 spiro atoms. The van der Waals surface area contributed by atoms with Crippen LogP contribution in [0.5, 0.6) is 0 Å². The normalized spacial score (nSPS) is 11.3. The fourth-order valence-corrected chi connectivity index (χ4v) is 1.96. The first kappa shape index (κ1) is 11.6. The summed E-state index contributed by atoms with van der Waals surface area (Å²) in [7, 11) is 0. The molecule has 2 N–H and O–H groups in total. The van der Waals surface area contributed by atoms with E-state index in [4.69, 9.17) is 5.11 Å². The van der Waals surface area contributed by atoms with E-state index < -0.39 is 5.97 Å². The van der Waals surface area contributed by atoms with Crippen molar-refractivity contribution < 1.29 is 9.90 Å². The lowest BCUT2D eigenvalue weighted by atomic mass is 10.0. The van der Waals surface area contributed by atoms with Gasteiger partial charge in [-0.1, -0.05) is 13.8 Å². The lowest BCUT2D eigenvalue weighted by molar-refractivity contribution is -0.136. The molecule has 2 heterocycles. The van der Waals surface area contributed by atoms with Crippen LogP contribution >= 0.6 is 0 Å². The number of carboxylic acids is 1. The van der Waals surface area contributed by atoms with Crippen molar-refractivity contribution in [2.75, 3.05) is 0 Å². The van der Waals surface area contributed by atoms with Crippen LogP contribution in [0.25, 0.3) is 11.0 Å². The maximum atomic E-state index is 10.8. The van der Waals surface area contributed by atoms with E-state index in [0.29, 0.717) is 5.82 Å². The molecule has 17 heavy (non-hydrogen) atoms. The molecule has 5 nitrogen and oxygen atoms in total. The average Bonchev–Trinajstić information content (AvgIpc) is 2.59. The smallest absolute Gasteiger partial charge is 0.307 e. The van der Waals surface area contributed by atoms with Crippen molar-refractivity contribution in [2.24, 2.45) is 0 Å². The van der Waals surface area contributed by atoms with Crippen molar-refractivity contribution in [3.63, 3.8) is 0 Å². The highest BCUT2D eigenvalue weighted by molar-refractivity contribution is 5.86. The third-order valence-electron chi connectivity index (χ3n) is 2.64. The number of H-pyrrole nitrogens is 1. The molecule has 0 aliphatic heterocycles. The third-order valence-corrected chi connectivity index (χ3v) is 2.64. The zero-order valence-electron chi connectivity index (χ0n) is 10.1. The predicted octanol–water partition coefficient (Wildman–Crippen LogP) is 2.02. The van der Waals surface area contributed by atoms with Gasteiger partial charge in [-0.2, -0.15) is 0 Å². The number of fused-ring (bicyclic) bond motifs is 1. The Hall–Kier alpha value is -1.91. The highest BCUT2D eigenvalue weighted by Gasteiger charge is 2.16. The summed E-state index contributed by atoms with van der Waals surface area (Å²) in [6.45, 7) is 5.92. The molecule has 0 atom stereocenters. The van der Waals surface area contributed by atoms with Crippen LogP contribution in [0.3, 0.4) is 0 Å². The number of aryl methyl sites for hydroxylation is 1. The predicted molar refractivity (Wildman–Crippen MR) is 64.1 cm³/mol. The van der Waals surface area contributed by atoms with Crippen LogP contribution < -0.4 is 0 Å². The van der Waals surface area contributed by atoms with Crippen LogP contribution in [0.2, 0.25) is 0 Å². The van der Waals surface area contributed by atoms with E-state index in [1.165, 1.54) is 0 Å². The summed E-state index contributed by atoms with van der Waals surface area (Å²) in [5.41, 5.74) is 2.37. The highest BCUT2D eigenvalue weighted by Crippen LogP contribution is 2.26. The molecule has 0 unspecified atom stereocenters. The number of hydrogen-bond donors (Lipinski definition) is 2. The standard InChI is InChI=1S/C12H15N3O2/c1-6(2)11-10-8(4-9(16)17)5-13-12(10)15-7(3)14-11/h5-6H,4H2,1-3H3,(H,16,17)(H,13,14,15). The maximum absolute atomic E-state index is 10.8. The van der Waals surface area contributed by atoms with Gasteiger partial charge in [0, 0.05) is 11.6 Å². The number of nitrogens with one attached hydrogen (secondary N) is 1. The minimum Gasteiger partial charge on any atom is -0.481 e. The summed E-state index contributed by atoms with van der Waals surface area (Å²) < 4.78 is 0. The maximum Gasteiger partial charge on any atom is 0.307 e. The van der Waals surface area contributed by atoms with E-state index in [9.17, 15) is 4.79 Å². The molecule has 0 saturated heterocycles. The molecule has 0 aliphatic carbocycles. The van der Waals surface area contributed by atoms with E-state index in [2.05, 4.69) is 15.0 Å². The molecule has 90 valence electrons. The van der Waals surface area contributed by atoms with Crippen LogP contribution in [-0.2, 0) is 11.2 Å². The molecule has 2 aromatic rings. The summed E-state index contributed by atoms with van der Waals surface area (Å²) in [6.07, 6.45) is 1.70. The van der Waals surface area contributed by atoms with Gasteiger partial charge in [-0.3, -0.25) is 4.79 Å². The Morgan fingerprint density at radius 1 is 1.47 bits per heavy atom. The van der Waals surface area contributed by atoms with Crippen LogP contribution in [-0.4, -0.2) is 26.0 Å². The summed E-state index contributed by atoms with van der Waals surface area (Å²) in [6, 6.07) is 0. The zero-order valence-corrected chi connectivity index (χ0v) is 10.1. The van der Waals surface area contributed by atoms with Gasteiger partial charge < -0.3 is 10.1 Å². The summed E-state index contributed by atoms with van der Waals surface area (Å²) >= 11 is 0. The molecule has 2 rings (SSSR count). The summed E-state index contributed by atoms with van der Waals surface area (Å²) in [4.78, 5) is 22.5. The molecule has 0 radical (unpaired) electrons. The van der Waals surface area contributed by atoms with E-state index >= 15 is 0 Å². The van der Waals surface area contributed by atoms with Gasteiger partial charge in [-0.25, -0.2) is 9.97 Å². The van der Waals surface area contributed by atoms with Crippen molar-refractivity contribution in [1.29, 1.82) is 0 Å². The minimum atomic E-state index is -0.846. The molecule has 0 aromatic carbocycles. The first-order valence-corrected chi connectivity index (χ1v) is 5.55. The molecule has 0 bridgehead atoms. The van der Waals surface area contributed by atoms with Crippen LogP contribution in [0, 0.1) is 6.92 Å². The first-order valence-electron chi connectivity index (χ1n) is 5.55. The van der Waals surface area contributed by atoms with E-state index in [1.54, 1.807) is 6.20 Å². The number of aromatic nitrogens is 3. The van der Waals surface area contributed by atoms with Gasteiger partial charge in [-0.05, 0) is 18.4 Å². The topological polar surface area (TPSA) is 78.9 Å². The third kappa shape index (κ3) is 2.13. The Morgan fingerprint density at radius 3 is 2.76 bits per heavy atom. The number of carbonyl (C=O) groups is 1. The van der Waals surface area contributed by atoms with Crippen LogP contribution in [0.15, 0.2) is 6.20 Å². The Balaban J connectivity index is 2.68. The second kappa shape index (κ2) is 4.16. The second-order valence-corrected chi connectivity index (χ2v) is 4.42. The molecule has 0 amide bonds. The molecule has 2 aromatic heterocycles. The SMILES string of the molecule is Cc1nc(C(C)C)c2c(CC(=O)O)c[nH]c2n1. The number of hydrogen-bond acceptors (Lipinski definition) is 3. The van der Waals surface area contributed by atoms with E-state index in [-0.39, 0.29) is 12.3 Å². The van der Waals surface area contributed by atoms with Crippen LogP contribution in [0.1, 0.15) is 36.8 Å². The molecular formula is C12H15N3O2. The van der Waals surface area contributed by atoms with Gasteiger partial charge in [0.1, 0.15) is 11.5 Å². The lowest BCUT2D eigenvalue weighted by Gasteiger charge is -2.08. The lowest BCUT2D eigenvalue weighted by Crippen LogP contribution is -2.03. The summed E-state index contributed by atoms with van der Waals surface area (Å²) in [5.74, 6) is 0.0913. The Morgan fingerprint density at radius 2 is 2.18 bits per heavy atom. The minimum absolute atomic E-state index is 0.00780.